The Morgan fingerprint density at radius 1 is 1.50 bits per heavy atom. The van der Waals surface area contributed by atoms with Gasteiger partial charge in [0.25, 0.3) is 0 Å². The Labute approximate surface area is 67.0 Å². The molecule has 10 heavy (non-hydrogen) atoms. The van der Waals surface area contributed by atoms with Gasteiger partial charge in [0.15, 0.2) is 0 Å². The molecular formula is C8H18OSi. The molecule has 0 spiro atoms. The maximum atomic E-state index is 5.25. The highest BCUT2D eigenvalue weighted by atomic mass is 28.2. The number of hydrogen-bond acceptors (Lipinski definition) is 1. The second kappa shape index (κ2) is 4.69. The molecule has 0 unspecified atom stereocenters. The van der Waals surface area contributed by atoms with Crippen molar-refractivity contribution in [1.82, 2.24) is 0 Å². The minimum Gasteiger partial charge on any atom is -0.427 e. The van der Waals surface area contributed by atoms with Crippen molar-refractivity contribution in [1.29, 1.82) is 0 Å². The lowest BCUT2D eigenvalue weighted by Crippen LogP contribution is -2.21. The molecular weight excluding hydrogens is 140 g/mol. The van der Waals surface area contributed by atoms with E-state index >= 15 is 0 Å². The van der Waals surface area contributed by atoms with Gasteiger partial charge in [0.1, 0.15) is 10.5 Å². The zero-order chi connectivity index (χ0) is 8.04. The van der Waals surface area contributed by atoms with Crippen molar-refractivity contribution in [3.05, 3.63) is 12.7 Å². The quantitative estimate of drug-likeness (QED) is 0.432. The summed E-state index contributed by atoms with van der Waals surface area (Å²) in [4.78, 5) is 0. The van der Waals surface area contributed by atoms with E-state index in [0.29, 0.717) is 0 Å². The van der Waals surface area contributed by atoms with Crippen molar-refractivity contribution in [2.45, 2.75) is 26.7 Å². The molecule has 0 radical (unpaired) electrons. The van der Waals surface area contributed by atoms with E-state index in [4.69, 9.17) is 4.43 Å². The van der Waals surface area contributed by atoms with E-state index in [1.807, 2.05) is 6.08 Å². The maximum absolute atomic E-state index is 5.25. The Kier molecular flexibility index (Phi) is 4.65. The Hall–Kier alpha value is -0.0831. The van der Waals surface area contributed by atoms with Crippen LogP contribution in [0.25, 0.3) is 0 Å². The average Bonchev–Trinajstić information content (AvgIpc) is 2.01. The zero-order valence-corrected chi connectivity index (χ0v) is 9.31. The minimum atomic E-state index is 0.252. The van der Waals surface area contributed by atoms with Crippen molar-refractivity contribution in [2.24, 2.45) is 5.41 Å². The molecule has 0 aliphatic heterocycles. The summed E-state index contributed by atoms with van der Waals surface area (Å²) in [5.74, 6) is 0. The van der Waals surface area contributed by atoms with Crippen LogP contribution in [0, 0.1) is 5.41 Å². The van der Waals surface area contributed by atoms with Gasteiger partial charge in [-0.1, -0.05) is 19.9 Å². The molecule has 0 aromatic carbocycles. The van der Waals surface area contributed by atoms with Crippen LogP contribution in [0.3, 0.4) is 0 Å². The smallest absolute Gasteiger partial charge is 0.146 e. The normalized spacial score (nSPS) is 11.8. The third-order valence-corrected chi connectivity index (χ3v) is 2.56. The van der Waals surface area contributed by atoms with Crippen LogP contribution in [-0.4, -0.2) is 17.1 Å². The monoisotopic (exact) mass is 158 g/mol. The molecule has 0 heterocycles. The highest BCUT2D eigenvalue weighted by Crippen LogP contribution is 2.27. The van der Waals surface area contributed by atoms with Crippen molar-refractivity contribution >= 4 is 10.5 Å². The average molecular weight is 158 g/mol. The van der Waals surface area contributed by atoms with Crippen molar-refractivity contribution in [3.63, 3.8) is 0 Å². The fraction of sp³-hybridized carbons (Fsp3) is 0.750. The van der Waals surface area contributed by atoms with Gasteiger partial charge in [-0.05, 0) is 12.8 Å². The molecule has 2 heteroatoms. The van der Waals surface area contributed by atoms with Crippen LogP contribution in [0.2, 0.25) is 0 Å². The molecule has 0 rings (SSSR count). The molecule has 60 valence electrons. The van der Waals surface area contributed by atoms with Crippen LogP contribution in [0.5, 0.6) is 0 Å². The summed E-state index contributed by atoms with van der Waals surface area (Å²) in [5.41, 5.74) is 0.252. The standard InChI is InChI=1S/C8H18OSi/c1-4-8(5-2,6-3)7-9-10/h4H,1,5-7H2,2-3,10H3. The van der Waals surface area contributed by atoms with E-state index in [2.05, 4.69) is 20.4 Å². The Balaban J connectivity index is 4.00. The Morgan fingerprint density at radius 3 is 2.10 bits per heavy atom. The molecule has 0 aliphatic carbocycles. The summed E-state index contributed by atoms with van der Waals surface area (Å²) in [6, 6.07) is 0. The van der Waals surface area contributed by atoms with E-state index in [1.165, 1.54) is 0 Å². The first-order valence-electron chi connectivity index (χ1n) is 3.87. The lowest BCUT2D eigenvalue weighted by atomic mass is 9.84. The molecule has 0 atom stereocenters. The van der Waals surface area contributed by atoms with Crippen molar-refractivity contribution in [2.75, 3.05) is 6.61 Å². The Morgan fingerprint density at radius 2 is 2.00 bits per heavy atom. The minimum absolute atomic E-state index is 0.252. The Bertz CT molecular complexity index is 97.4. The van der Waals surface area contributed by atoms with Gasteiger partial charge < -0.3 is 4.43 Å². The van der Waals surface area contributed by atoms with Crippen LogP contribution >= 0.6 is 0 Å². The van der Waals surface area contributed by atoms with Gasteiger partial charge in [0.05, 0.1) is 0 Å². The van der Waals surface area contributed by atoms with Crippen LogP contribution in [0.15, 0.2) is 12.7 Å². The van der Waals surface area contributed by atoms with Gasteiger partial charge in [-0.3, -0.25) is 0 Å². The molecule has 0 aromatic rings. The fourth-order valence-corrected chi connectivity index (χ4v) is 1.66. The summed E-state index contributed by atoms with van der Waals surface area (Å²) in [6.45, 7) is 9.06. The van der Waals surface area contributed by atoms with Gasteiger partial charge in [-0.15, -0.1) is 6.58 Å². The first-order chi connectivity index (χ1) is 4.74. The zero-order valence-electron chi connectivity index (χ0n) is 7.31. The summed E-state index contributed by atoms with van der Waals surface area (Å²) in [6.07, 6.45) is 4.30. The van der Waals surface area contributed by atoms with Crippen LogP contribution in [0.1, 0.15) is 26.7 Å². The summed E-state index contributed by atoms with van der Waals surface area (Å²) >= 11 is 0. The largest absolute Gasteiger partial charge is 0.427 e. The second-order valence-corrected chi connectivity index (χ2v) is 3.28. The van der Waals surface area contributed by atoms with Gasteiger partial charge in [0.2, 0.25) is 0 Å². The van der Waals surface area contributed by atoms with E-state index in [9.17, 15) is 0 Å². The summed E-state index contributed by atoms with van der Waals surface area (Å²) in [7, 11) is 0.836. The first kappa shape index (κ1) is 9.92. The van der Waals surface area contributed by atoms with Gasteiger partial charge >= 0.3 is 0 Å². The van der Waals surface area contributed by atoms with Crippen LogP contribution < -0.4 is 0 Å². The SMILES string of the molecule is C=CC(CC)(CC)CO[SiH3]. The van der Waals surface area contributed by atoms with Gasteiger partial charge in [0, 0.05) is 12.0 Å². The topological polar surface area (TPSA) is 9.23 Å². The molecule has 0 saturated carbocycles. The molecule has 1 nitrogen and oxygen atoms in total. The molecule has 0 saturated heterocycles. The molecule has 0 N–H and O–H groups in total. The highest BCUT2D eigenvalue weighted by Gasteiger charge is 2.20. The van der Waals surface area contributed by atoms with Crippen molar-refractivity contribution < 1.29 is 4.43 Å². The molecule has 0 bridgehead atoms. The van der Waals surface area contributed by atoms with E-state index in [1.54, 1.807) is 0 Å². The highest BCUT2D eigenvalue weighted by molar-refractivity contribution is 5.97. The lowest BCUT2D eigenvalue weighted by molar-refractivity contribution is 0.192. The predicted molar refractivity (Wildman–Crippen MR) is 49.1 cm³/mol. The van der Waals surface area contributed by atoms with E-state index in [-0.39, 0.29) is 5.41 Å². The predicted octanol–water partition coefficient (Wildman–Crippen LogP) is 1.28. The number of rotatable bonds is 5. The molecule has 0 aliphatic rings. The van der Waals surface area contributed by atoms with Crippen molar-refractivity contribution in [3.8, 4) is 0 Å². The second-order valence-electron chi connectivity index (χ2n) is 2.71. The maximum Gasteiger partial charge on any atom is 0.146 e. The molecule has 0 fully saturated rings. The van der Waals surface area contributed by atoms with Crippen LogP contribution in [0.4, 0.5) is 0 Å². The van der Waals surface area contributed by atoms with Crippen LogP contribution in [-0.2, 0) is 4.43 Å². The lowest BCUT2D eigenvalue weighted by Gasteiger charge is -2.26. The molecule has 0 aromatic heterocycles. The fourth-order valence-electron chi connectivity index (χ4n) is 1.09. The van der Waals surface area contributed by atoms with Gasteiger partial charge in [-0.2, -0.15) is 0 Å². The molecule has 0 amide bonds. The van der Waals surface area contributed by atoms with E-state index < -0.39 is 0 Å². The first-order valence-corrected chi connectivity index (χ1v) is 4.69. The van der Waals surface area contributed by atoms with E-state index in [0.717, 1.165) is 29.9 Å². The third-order valence-electron chi connectivity index (χ3n) is 2.27. The summed E-state index contributed by atoms with van der Waals surface area (Å²) < 4.78 is 5.25. The number of hydrogen-bond donors (Lipinski definition) is 0. The summed E-state index contributed by atoms with van der Waals surface area (Å²) in [5, 5.41) is 0. The van der Waals surface area contributed by atoms with Gasteiger partial charge in [-0.25, -0.2) is 0 Å². The third kappa shape index (κ3) is 2.27.